The fourth-order valence-corrected chi connectivity index (χ4v) is 3.60. The van der Waals surface area contributed by atoms with E-state index in [1.165, 1.54) is 11.3 Å². The fraction of sp³-hybridized carbons (Fsp3) is 0.222. The molecule has 0 amide bonds. The van der Waals surface area contributed by atoms with E-state index < -0.39 is 6.10 Å². The molecule has 0 aliphatic rings. The lowest BCUT2D eigenvalue weighted by Gasteiger charge is -2.04. The van der Waals surface area contributed by atoms with Gasteiger partial charge in [-0.15, -0.1) is 22.7 Å². The van der Waals surface area contributed by atoms with Crippen LogP contribution in [0.5, 0.6) is 0 Å². The summed E-state index contributed by atoms with van der Waals surface area (Å²) in [6, 6.07) is 3.97. The van der Waals surface area contributed by atoms with Gasteiger partial charge in [0, 0.05) is 11.3 Å². The van der Waals surface area contributed by atoms with Crippen LogP contribution in [-0.4, -0.2) is 10.1 Å². The third-order valence-corrected chi connectivity index (χ3v) is 4.67. The van der Waals surface area contributed by atoms with Gasteiger partial charge in [-0.25, -0.2) is 4.98 Å². The highest BCUT2D eigenvalue weighted by Crippen LogP contribution is 2.29. The first-order chi connectivity index (χ1) is 7.15. The van der Waals surface area contributed by atoms with Crippen LogP contribution < -0.4 is 0 Å². The van der Waals surface area contributed by atoms with Crippen LogP contribution >= 0.6 is 50.2 Å². The number of rotatable bonds is 3. The average Bonchev–Trinajstić information content (AvgIpc) is 2.75. The minimum absolute atomic E-state index is 0.562. The summed E-state index contributed by atoms with van der Waals surface area (Å²) in [5.41, 5.74) is 0. The molecule has 0 aromatic carbocycles. The van der Waals surface area contributed by atoms with Gasteiger partial charge < -0.3 is 5.11 Å². The zero-order chi connectivity index (χ0) is 10.8. The van der Waals surface area contributed by atoms with Crippen molar-refractivity contribution >= 4 is 50.2 Å². The molecule has 0 fully saturated rings. The van der Waals surface area contributed by atoms with E-state index in [1.807, 2.05) is 12.1 Å². The molecule has 1 unspecified atom stereocenters. The molecule has 0 aliphatic heterocycles. The Kier molecular flexibility index (Phi) is 3.79. The topological polar surface area (TPSA) is 33.1 Å². The van der Waals surface area contributed by atoms with Crippen molar-refractivity contribution in [3.05, 3.63) is 36.3 Å². The van der Waals surface area contributed by atoms with E-state index in [0.29, 0.717) is 15.8 Å². The molecule has 0 radical (unpaired) electrons. The molecule has 0 bridgehead atoms. The normalized spacial score (nSPS) is 13.0. The number of nitrogens with zero attached hydrogens (tertiary/aromatic N) is 1. The molecule has 0 aliphatic carbocycles. The number of halogens is 2. The molecule has 2 nitrogen and oxygen atoms in total. The Morgan fingerprint density at radius 3 is 2.80 bits per heavy atom. The highest BCUT2D eigenvalue weighted by molar-refractivity contribution is 9.11. The monoisotopic (exact) mass is 323 g/mol. The van der Waals surface area contributed by atoms with Gasteiger partial charge in [0.2, 0.25) is 0 Å². The van der Waals surface area contributed by atoms with Gasteiger partial charge in [0.05, 0.1) is 9.98 Å². The summed E-state index contributed by atoms with van der Waals surface area (Å²) in [7, 11) is 0. The van der Waals surface area contributed by atoms with Crippen LogP contribution in [-0.2, 0) is 6.42 Å². The van der Waals surface area contributed by atoms with Gasteiger partial charge in [-0.1, -0.05) is 11.6 Å². The van der Waals surface area contributed by atoms with E-state index in [-0.39, 0.29) is 0 Å². The van der Waals surface area contributed by atoms with Crippen LogP contribution in [0.1, 0.15) is 16.0 Å². The van der Waals surface area contributed by atoms with Crippen molar-refractivity contribution in [2.45, 2.75) is 12.5 Å². The van der Waals surface area contributed by atoms with Crippen LogP contribution in [0.15, 0.2) is 22.1 Å². The SMILES string of the molecule is OC(Cc1ccc(Br)s1)c1ncc(Cl)s1. The number of hydrogen-bond donors (Lipinski definition) is 1. The molecule has 2 aromatic heterocycles. The molecule has 2 heterocycles. The molecule has 0 spiro atoms. The Hall–Kier alpha value is 0.0600. The third kappa shape index (κ3) is 3.01. The summed E-state index contributed by atoms with van der Waals surface area (Å²) in [5, 5.41) is 10.5. The molecular formula is C9H7BrClNOS2. The average molecular weight is 325 g/mol. The Bertz CT molecular complexity index is 456. The fourth-order valence-electron chi connectivity index (χ4n) is 1.16. The molecule has 2 rings (SSSR count). The Balaban J connectivity index is 2.06. The van der Waals surface area contributed by atoms with Crippen LogP contribution in [0.25, 0.3) is 0 Å². The van der Waals surface area contributed by atoms with Crippen molar-refractivity contribution in [3.8, 4) is 0 Å². The summed E-state index contributed by atoms with van der Waals surface area (Å²) in [5.74, 6) is 0. The zero-order valence-electron chi connectivity index (χ0n) is 7.48. The number of aliphatic hydroxyl groups excluding tert-OH is 1. The molecular weight excluding hydrogens is 318 g/mol. The molecule has 0 saturated heterocycles. The Labute approximate surface area is 109 Å². The van der Waals surface area contributed by atoms with Crippen molar-refractivity contribution in [2.75, 3.05) is 0 Å². The van der Waals surface area contributed by atoms with Gasteiger partial charge in [0.15, 0.2) is 0 Å². The predicted molar refractivity (Wildman–Crippen MR) is 67.8 cm³/mol. The quantitative estimate of drug-likeness (QED) is 0.929. The van der Waals surface area contributed by atoms with Crippen molar-refractivity contribution in [3.63, 3.8) is 0 Å². The molecule has 6 heteroatoms. The minimum atomic E-state index is -0.562. The number of thiazole rings is 1. The predicted octanol–water partition coefficient (Wildman–Crippen LogP) is 3.90. The van der Waals surface area contributed by atoms with Crippen LogP contribution in [0.4, 0.5) is 0 Å². The number of aliphatic hydroxyl groups is 1. The molecule has 1 N–H and O–H groups in total. The summed E-state index contributed by atoms with van der Waals surface area (Å²) >= 11 is 12.1. The van der Waals surface area contributed by atoms with E-state index in [1.54, 1.807) is 17.5 Å². The second-order valence-corrected chi connectivity index (χ2v) is 7.17. The first kappa shape index (κ1) is 11.5. The number of aromatic nitrogens is 1. The maximum absolute atomic E-state index is 9.88. The van der Waals surface area contributed by atoms with Crippen LogP contribution in [0.2, 0.25) is 4.34 Å². The third-order valence-electron chi connectivity index (χ3n) is 1.80. The van der Waals surface area contributed by atoms with Crippen molar-refractivity contribution in [2.24, 2.45) is 0 Å². The van der Waals surface area contributed by atoms with Crippen molar-refractivity contribution < 1.29 is 5.11 Å². The van der Waals surface area contributed by atoms with Crippen molar-refractivity contribution in [1.29, 1.82) is 0 Å². The maximum Gasteiger partial charge on any atom is 0.123 e. The van der Waals surface area contributed by atoms with Crippen LogP contribution in [0, 0.1) is 0 Å². The van der Waals surface area contributed by atoms with Gasteiger partial charge in [0.1, 0.15) is 15.4 Å². The molecule has 0 saturated carbocycles. The molecule has 1 atom stereocenters. The van der Waals surface area contributed by atoms with Crippen LogP contribution in [0.3, 0.4) is 0 Å². The van der Waals surface area contributed by atoms with Gasteiger partial charge in [-0.3, -0.25) is 0 Å². The maximum atomic E-state index is 9.88. The van der Waals surface area contributed by atoms with E-state index in [4.69, 9.17) is 11.6 Å². The number of thiophene rings is 1. The highest BCUT2D eigenvalue weighted by Gasteiger charge is 2.13. The largest absolute Gasteiger partial charge is 0.386 e. The summed E-state index contributed by atoms with van der Waals surface area (Å²) in [6.45, 7) is 0. The van der Waals surface area contributed by atoms with Gasteiger partial charge in [-0.2, -0.15) is 0 Å². The molecule has 2 aromatic rings. The molecule has 80 valence electrons. The standard InChI is InChI=1S/C9H7BrClNOS2/c10-7-2-1-5(14-7)3-6(13)9-12-4-8(11)15-9/h1-2,4,6,13H,3H2. The smallest absolute Gasteiger partial charge is 0.123 e. The Morgan fingerprint density at radius 2 is 2.27 bits per heavy atom. The first-order valence-corrected chi connectivity index (χ1v) is 6.99. The lowest BCUT2D eigenvalue weighted by molar-refractivity contribution is 0.179. The van der Waals surface area contributed by atoms with E-state index in [0.717, 1.165) is 8.66 Å². The summed E-state index contributed by atoms with van der Waals surface area (Å²) in [6.07, 6.45) is 1.59. The number of hydrogen-bond acceptors (Lipinski definition) is 4. The van der Waals surface area contributed by atoms with Gasteiger partial charge in [-0.05, 0) is 28.1 Å². The van der Waals surface area contributed by atoms with Crippen molar-refractivity contribution in [1.82, 2.24) is 4.98 Å². The highest BCUT2D eigenvalue weighted by atomic mass is 79.9. The van der Waals surface area contributed by atoms with Gasteiger partial charge >= 0.3 is 0 Å². The zero-order valence-corrected chi connectivity index (χ0v) is 11.5. The van der Waals surface area contributed by atoms with E-state index in [9.17, 15) is 5.11 Å². The lowest BCUT2D eigenvalue weighted by atomic mass is 10.2. The minimum Gasteiger partial charge on any atom is -0.386 e. The molecule has 15 heavy (non-hydrogen) atoms. The Morgan fingerprint density at radius 1 is 1.47 bits per heavy atom. The first-order valence-electron chi connectivity index (χ1n) is 4.18. The van der Waals surface area contributed by atoms with E-state index in [2.05, 4.69) is 20.9 Å². The van der Waals surface area contributed by atoms with Gasteiger partial charge in [0.25, 0.3) is 0 Å². The second-order valence-electron chi connectivity index (χ2n) is 2.93. The summed E-state index contributed by atoms with van der Waals surface area (Å²) in [4.78, 5) is 5.17. The summed E-state index contributed by atoms with van der Waals surface area (Å²) < 4.78 is 1.68. The van der Waals surface area contributed by atoms with E-state index >= 15 is 0 Å². The second kappa shape index (κ2) is 4.93. The lowest BCUT2D eigenvalue weighted by Crippen LogP contribution is -1.99.